The van der Waals surface area contributed by atoms with Gasteiger partial charge in [-0.2, -0.15) is 0 Å². The molecule has 0 spiro atoms. The molecule has 4 atom stereocenters. The van der Waals surface area contributed by atoms with E-state index in [1.54, 1.807) is 0 Å². The number of amides is 1. The molecule has 1 fully saturated rings. The molecule has 1 amide bonds. The fraction of sp³-hybridized carbons (Fsp3) is 0.947. The number of nitrogens with zero attached hydrogens (tertiary/aromatic N) is 1. The summed E-state index contributed by atoms with van der Waals surface area (Å²) in [7, 11) is 0. The molecular formula is C19H40N4O. The molecule has 0 aromatic heterocycles. The Bertz CT molecular complexity index is 403. The average molecular weight is 341 g/mol. The molecule has 1 aliphatic heterocycles. The minimum atomic E-state index is -0.449. The molecular weight excluding hydrogens is 300 g/mol. The Morgan fingerprint density at radius 3 is 2.50 bits per heavy atom. The van der Waals surface area contributed by atoms with Crippen molar-refractivity contribution in [2.24, 2.45) is 16.9 Å². The van der Waals surface area contributed by atoms with Crippen molar-refractivity contribution in [1.29, 1.82) is 0 Å². The molecule has 1 heterocycles. The van der Waals surface area contributed by atoms with Gasteiger partial charge in [0.1, 0.15) is 0 Å². The number of carbonyl (C=O) groups excluding carboxylic acids is 1. The van der Waals surface area contributed by atoms with Crippen LogP contribution in [0, 0.1) is 5.41 Å². The van der Waals surface area contributed by atoms with Gasteiger partial charge in [0.2, 0.25) is 5.91 Å². The van der Waals surface area contributed by atoms with Crippen molar-refractivity contribution in [2.75, 3.05) is 13.1 Å². The number of rotatable bonds is 8. The van der Waals surface area contributed by atoms with Gasteiger partial charge in [-0.1, -0.05) is 40.5 Å². The van der Waals surface area contributed by atoms with Crippen LogP contribution >= 0.6 is 0 Å². The molecule has 3 unspecified atom stereocenters. The average Bonchev–Trinajstić information content (AvgIpc) is 2.98. The second-order valence-corrected chi connectivity index (χ2v) is 9.01. The highest BCUT2D eigenvalue weighted by Crippen LogP contribution is 2.26. The lowest BCUT2D eigenvalue weighted by Gasteiger charge is -2.36. The zero-order valence-corrected chi connectivity index (χ0v) is 16.7. The van der Waals surface area contributed by atoms with Crippen LogP contribution in [-0.4, -0.2) is 47.6 Å². The van der Waals surface area contributed by atoms with Crippen LogP contribution in [0.2, 0.25) is 0 Å². The highest BCUT2D eigenvalue weighted by molar-refractivity contribution is 5.83. The quantitative estimate of drug-likeness (QED) is 0.632. The highest BCUT2D eigenvalue weighted by atomic mass is 16.2. The lowest BCUT2D eigenvalue weighted by molar-refractivity contribution is -0.136. The molecule has 0 radical (unpaired) electrons. The van der Waals surface area contributed by atoms with E-state index < -0.39 is 6.04 Å². The molecule has 142 valence electrons. The summed E-state index contributed by atoms with van der Waals surface area (Å²) >= 11 is 0. The van der Waals surface area contributed by atoms with Crippen molar-refractivity contribution in [3.63, 3.8) is 0 Å². The van der Waals surface area contributed by atoms with Gasteiger partial charge in [0.25, 0.3) is 0 Å². The van der Waals surface area contributed by atoms with E-state index in [4.69, 9.17) is 11.5 Å². The molecule has 0 saturated carbocycles. The first kappa shape index (κ1) is 21.4. The van der Waals surface area contributed by atoms with Gasteiger partial charge in [0.05, 0.1) is 6.04 Å². The third-order valence-electron chi connectivity index (χ3n) is 5.29. The van der Waals surface area contributed by atoms with Crippen molar-refractivity contribution in [2.45, 2.75) is 97.3 Å². The first-order valence-electron chi connectivity index (χ1n) is 9.58. The Hall–Kier alpha value is -0.650. The number of hydrogen-bond donors (Lipinski definition) is 3. The van der Waals surface area contributed by atoms with E-state index in [0.717, 1.165) is 45.2 Å². The summed E-state index contributed by atoms with van der Waals surface area (Å²) in [5.74, 6) is 0.0835. The van der Waals surface area contributed by atoms with Crippen molar-refractivity contribution in [1.82, 2.24) is 10.2 Å². The van der Waals surface area contributed by atoms with Crippen molar-refractivity contribution in [3.8, 4) is 0 Å². The molecule has 1 rings (SSSR count). The zero-order chi connectivity index (χ0) is 18.5. The largest absolute Gasteiger partial charge is 0.337 e. The molecule has 5 heteroatoms. The summed E-state index contributed by atoms with van der Waals surface area (Å²) in [4.78, 5) is 14.8. The minimum Gasteiger partial charge on any atom is -0.337 e. The van der Waals surface area contributed by atoms with Crippen molar-refractivity contribution < 1.29 is 4.79 Å². The molecule has 0 aromatic rings. The van der Waals surface area contributed by atoms with Crippen molar-refractivity contribution in [3.05, 3.63) is 0 Å². The Morgan fingerprint density at radius 1 is 1.33 bits per heavy atom. The minimum absolute atomic E-state index is 0.0835. The van der Waals surface area contributed by atoms with Gasteiger partial charge in [-0.05, 0) is 38.5 Å². The van der Waals surface area contributed by atoms with Gasteiger partial charge >= 0.3 is 0 Å². The first-order valence-corrected chi connectivity index (χ1v) is 9.58. The lowest BCUT2D eigenvalue weighted by atomic mass is 9.86. The van der Waals surface area contributed by atoms with Gasteiger partial charge < -0.3 is 21.7 Å². The third-order valence-corrected chi connectivity index (χ3v) is 5.29. The van der Waals surface area contributed by atoms with Crippen LogP contribution in [-0.2, 0) is 4.79 Å². The summed E-state index contributed by atoms with van der Waals surface area (Å²) in [6, 6.07) is -0.00405. The standard InChI is InChI=1S/C19H40N4O/c1-7-8-11-19(6,21)13-22-14(2)15-10-9-12-23(15)17(24)16(20)18(3,4)5/h14-16,22H,7-13,20-21H2,1-6H3/t14?,15?,16-,19?/m1/s1. The summed E-state index contributed by atoms with van der Waals surface area (Å²) in [6.45, 7) is 14.1. The predicted molar refractivity (Wildman–Crippen MR) is 102 cm³/mol. The maximum atomic E-state index is 12.8. The van der Waals surface area contributed by atoms with E-state index >= 15 is 0 Å². The molecule has 0 aromatic carbocycles. The summed E-state index contributed by atoms with van der Waals surface area (Å²) in [6.07, 6.45) is 5.42. The summed E-state index contributed by atoms with van der Waals surface area (Å²) in [5.41, 5.74) is 12.2. The zero-order valence-electron chi connectivity index (χ0n) is 16.7. The van der Waals surface area contributed by atoms with E-state index in [1.165, 1.54) is 0 Å². The van der Waals surface area contributed by atoms with Gasteiger partial charge in [0.15, 0.2) is 0 Å². The number of hydrogen-bond acceptors (Lipinski definition) is 4. The second kappa shape index (κ2) is 8.63. The van der Waals surface area contributed by atoms with Crippen LogP contribution < -0.4 is 16.8 Å². The Labute approximate surface area is 148 Å². The molecule has 24 heavy (non-hydrogen) atoms. The van der Waals surface area contributed by atoms with Crippen LogP contribution in [0.3, 0.4) is 0 Å². The van der Waals surface area contributed by atoms with E-state index in [2.05, 4.69) is 26.1 Å². The highest BCUT2D eigenvalue weighted by Gasteiger charge is 2.38. The van der Waals surface area contributed by atoms with Crippen LogP contribution in [0.25, 0.3) is 0 Å². The monoisotopic (exact) mass is 340 g/mol. The van der Waals surface area contributed by atoms with E-state index in [-0.39, 0.29) is 28.9 Å². The van der Waals surface area contributed by atoms with Gasteiger partial charge in [-0.15, -0.1) is 0 Å². The van der Waals surface area contributed by atoms with Crippen LogP contribution in [0.4, 0.5) is 0 Å². The number of unbranched alkanes of at least 4 members (excludes halogenated alkanes) is 1. The van der Waals surface area contributed by atoms with E-state index in [1.807, 2.05) is 25.7 Å². The molecule has 1 aliphatic rings. The first-order chi connectivity index (χ1) is 11.0. The number of nitrogens with one attached hydrogen (secondary N) is 1. The molecule has 5 nitrogen and oxygen atoms in total. The molecule has 0 aliphatic carbocycles. The van der Waals surface area contributed by atoms with E-state index in [0.29, 0.717) is 0 Å². The Morgan fingerprint density at radius 2 is 1.96 bits per heavy atom. The molecule has 1 saturated heterocycles. The number of nitrogens with two attached hydrogens (primary N) is 2. The maximum Gasteiger partial charge on any atom is 0.240 e. The Kier molecular flexibility index (Phi) is 7.70. The summed E-state index contributed by atoms with van der Waals surface area (Å²) < 4.78 is 0. The van der Waals surface area contributed by atoms with Crippen LogP contribution in [0.15, 0.2) is 0 Å². The predicted octanol–water partition coefficient (Wildman–Crippen LogP) is 2.24. The SMILES string of the molecule is CCCCC(C)(N)CNC(C)C1CCCN1C(=O)[C@@H](N)C(C)(C)C. The summed E-state index contributed by atoms with van der Waals surface area (Å²) in [5, 5.41) is 3.58. The molecule has 0 bridgehead atoms. The fourth-order valence-corrected chi connectivity index (χ4v) is 3.33. The number of likely N-dealkylation sites (tertiary alicyclic amines) is 1. The fourth-order valence-electron chi connectivity index (χ4n) is 3.33. The van der Waals surface area contributed by atoms with E-state index in [9.17, 15) is 4.79 Å². The van der Waals surface area contributed by atoms with Gasteiger partial charge in [-0.3, -0.25) is 4.79 Å². The second-order valence-electron chi connectivity index (χ2n) is 9.01. The normalized spacial score (nSPS) is 23.8. The topological polar surface area (TPSA) is 84.4 Å². The van der Waals surface area contributed by atoms with Gasteiger partial charge in [-0.25, -0.2) is 0 Å². The van der Waals surface area contributed by atoms with Crippen LogP contribution in [0.5, 0.6) is 0 Å². The maximum absolute atomic E-state index is 12.8. The van der Waals surface area contributed by atoms with Crippen LogP contribution in [0.1, 0.15) is 73.6 Å². The van der Waals surface area contributed by atoms with Crippen molar-refractivity contribution >= 4 is 5.91 Å². The number of carbonyl (C=O) groups is 1. The lowest BCUT2D eigenvalue weighted by Crippen LogP contribution is -2.57. The smallest absolute Gasteiger partial charge is 0.240 e. The van der Waals surface area contributed by atoms with Gasteiger partial charge in [0, 0.05) is 30.7 Å². The third kappa shape index (κ3) is 6.01. The Balaban J connectivity index is 2.63. The molecule has 5 N–H and O–H groups in total.